The lowest BCUT2D eigenvalue weighted by molar-refractivity contribution is 0.0907. The molecular weight excluding hydrogens is 725 g/mol. The zero-order chi connectivity index (χ0) is 39.3. The Labute approximate surface area is 331 Å². The average molecular weight is 753 g/mol. The summed E-state index contributed by atoms with van der Waals surface area (Å²) in [5.41, 5.74) is 7.42. The number of anilines is 2. The Morgan fingerprint density at radius 2 is 0.466 bits per heavy atom. The summed E-state index contributed by atoms with van der Waals surface area (Å²) in [6, 6.07) is 51.8. The van der Waals surface area contributed by atoms with Crippen molar-refractivity contribution in [3.05, 3.63) is 193 Å². The van der Waals surface area contributed by atoms with Gasteiger partial charge in [-0.15, -0.1) is 0 Å². The van der Waals surface area contributed by atoms with E-state index in [0.717, 1.165) is 43.2 Å². The van der Waals surface area contributed by atoms with Crippen LogP contribution in [0, 0.1) is 0 Å². The van der Waals surface area contributed by atoms with Crippen LogP contribution in [0.25, 0.3) is 56.2 Å². The molecule has 0 atom stereocenters. The molecule has 10 heteroatoms. The first-order valence-corrected chi connectivity index (χ1v) is 18.5. The number of nitrogens with zero attached hydrogens (tertiary/aromatic N) is 6. The highest BCUT2D eigenvalue weighted by atomic mass is 16.2. The van der Waals surface area contributed by atoms with Gasteiger partial charge in [0, 0.05) is 22.3 Å². The molecule has 6 aromatic carbocycles. The number of fused-ring (bicyclic) bond motifs is 2. The standard InChI is InChI=1S/C48H28N6O4/c55-45-41-42(50-38(32-15-7-2-8-16-32)37(49-41)31-13-5-1-6-14-31)46(56)53(45)35-25-21-29(22-26-35)30-23-27-36(28-24-30)54-47(57)43-44(48(54)58)52-40(34-19-11-4-12-20-34)39(51-43)33-17-9-3-10-18-33/h1-28H. The molecule has 4 heterocycles. The SMILES string of the molecule is O=C1c2nc(-c3ccccc3)c(-c3ccccc3)nc2C(=O)N1c1ccc(-c2ccc(N3C(=O)c4nc(-c5ccccc5)c(-c5ccccc5)nc4C3=O)cc2)cc1. The lowest BCUT2D eigenvalue weighted by atomic mass is 10.0. The minimum atomic E-state index is -0.557. The molecule has 2 aliphatic rings. The number of amides is 4. The van der Waals surface area contributed by atoms with Gasteiger partial charge in [0.2, 0.25) is 0 Å². The van der Waals surface area contributed by atoms with E-state index in [1.54, 1.807) is 48.5 Å². The van der Waals surface area contributed by atoms with Gasteiger partial charge in [-0.05, 0) is 35.4 Å². The predicted molar refractivity (Wildman–Crippen MR) is 220 cm³/mol. The maximum absolute atomic E-state index is 13.8. The molecule has 2 aromatic heterocycles. The van der Waals surface area contributed by atoms with Crippen LogP contribution in [0.15, 0.2) is 170 Å². The van der Waals surface area contributed by atoms with Crippen molar-refractivity contribution in [1.82, 2.24) is 19.9 Å². The van der Waals surface area contributed by atoms with E-state index in [-0.39, 0.29) is 22.8 Å². The second-order valence-electron chi connectivity index (χ2n) is 13.7. The maximum Gasteiger partial charge on any atom is 0.286 e. The Bertz CT molecular complexity index is 2580. The highest BCUT2D eigenvalue weighted by Crippen LogP contribution is 2.37. The number of imide groups is 2. The monoisotopic (exact) mass is 752 g/mol. The van der Waals surface area contributed by atoms with Crippen LogP contribution in [-0.4, -0.2) is 43.6 Å². The third-order valence-corrected chi connectivity index (χ3v) is 10.2. The molecular formula is C48H28N6O4. The Hall–Kier alpha value is -8.24. The largest absolute Gasteiger partial charge is 0.286 e. The minimum absolute atomic E-state index is 0.00524. The van der Waals surface area contributed by atoms with Gasteiger partial charge >= 0.3 is 0 Å². The fourth-order valence-corrected chi connectivity index (χ4v) is 7.34. The molecule has 0 bridgehead atoms. The molecule has 0 unspecified atom stereocenters. The molecule has 0 fully saturated rings. The molecule has 274 valence electrons. The van der Waals surface area contributed by atoms with Crippen molar-refractivity contribution in [2.45, 2.75) is 0 Å². The molecule has 10 rings (SSSR count). The second kappa shape index (κ2) is 13.8. The molecule has 4 amide bonds. The van der Waals surface area contributed by atoms with Crippen molar-refractivity contribution in [3.8, 4) is 56.2 Å². The topological polar surface area (TPSA) is 126 Å². The molecule has 0 spiro atoms. The molecule has 2 aliphatic heterocycles. The lowest BCUT2D eigenvalue weighted by Gasteiger charge is -2.15. The summed E-state index contributed by atoms with van der Waals surface area (Å²) >= 11 is 0. The molecule has 0 saturated heterocycles. The van der Waals surface area contributed by atoms with Crippen LogP contribution in [-0.2, 0) is 0 Å². The van der Waals surface area contributed by atoms with E-state index in [0.29, 0.717) is 34.2 Å². The van der Waals surface area contributed by atoms with Gasteiger partial charge in [-0.2, -0.15) is 0 Å². The highest BCUT2D eigenvalue weighted by molar-refractivity contribution is 6.34. The van der Waals surface area contributed by atoms with Crippen LogP contribution in [0.3, 0.4) is 0 Å². The summed E-state index contributed by atoms with van der Waals surface area (Å²) in [5.74, 6) is -2.23. The normalized spacial score (nSPS) is 13.2. The van der Waals surface area contributed by atoms with Crippen molar-refractivity contribution in [3.63, 3.8) is 0 Å². The van der Waals surface area contributed by atoms with E-state index in [4.69, 9.17) is 19.9 Å². The number of carbonyl (C=O) groups excluding carboxylic acids is 4. The number of hydrogen-bond acceptors (Lipinski definition) is 8. The molecule has 8 aromatic rings. The Balaban J connectivity index is 0.924. The number of rotatable bonds is 7. The van der Waals surface area contributed by atoms with Crippen molar-refractivity contribution in [1.29, 1.82) is 0 Å². The van der Waals surface area contributed by atoms with E-state index in [1.807, 2.05) is 121 Å². The second-order valence-corrected chi connectivity index (χ2v) is 13.7. The number of aromatic nitrogens is 4. The van der Waals surface area contributed by atoms with Gasteiger partial charge in [-0.1, -0.05) is 146 Å². The molecule has 10 nitrogen and oxygen atoms in total. The van der Waals surface area contributed by atoms with Crippen molar-refractivity contribution >= 4 is 35.0 Å². The van der Waals surface area contributed by atoms with Crippen LogP contribution in [0.5, 0.6) is 0 Å². The smallest absolute Gasteiger partial charge is 0.266 e. The van der Waals surface area contributed by atoms with Crippen LogP contribution >= 0.6 is 0 Å². The fourth-order valence-electron chi connectivity index (χ4n) is 7.34. The van der Waals surface area contributed by atoms with Gasteiger partial charge in [0.05, 0.1) is 34.2 Å². The van der Waals surface area contributed by atoms with Crippen LogP contribution < -0.4 is 9.80 Å². The Kier molecular flexibility index (Phi) is 8.16. The first-order chi connectivity index (χ1) is 28.4. The summed E-state index contributed by atoms with van der Waals surface area (Å²) in [7, 11) is 0. The quantitative estimate of drug-likeness (QED) is 0.148. The van der Waals surface area contributed by atoms with Gasteiger partial charge in [0.25, 0.3) is 23.6 Å². The van der Waals surface area contributed by atoms with Gasteiger partial charge < -0.3 is 0 Å². The third-order valence-electron chi connectivity index (χ3n) is 10.2. The van der Waals surface area contributed by atoms with E-state index < -0.39 is 23.6 Å². The van der Waals surface area contributed by atoms with Gasteiger partial charge in [0.15, 0.2) is 22.8 Å². The number of carbonyl (C=O) groups is 4. The molecule has 0 aliphatic carbocycles. The van der Waals surface area contributed by atoms with Crippen molar-refractivity contribution in [2.75, 3.05) is 9.80 Å². The molecule has 0 radical (unpaired) electrons. The van der Waals surface area contributed by atoms with Crippen LogP contribution in [0.1, 0.15) is 42.0 Å². The maximum atomic E-state index is 13.8. The Morgan fingerprint density at radius 1 is 0.241 bits per heavy atom. The predicted octanol–water partition coefficient (Wildman–Crippen LogP) is 9.20. The first kappa shape index (κ1) is 34.3. The van der Waals surface area contributed by atoms with Crippen LogP contribution in [0.2, 0.25) is 0 Å². The van der Waals surface area contributed by atoms with Crippen molar-refractivity contribution in [2.24, 2.45) is 0 Å². The summed E-state index contributed by atoms with van der Waals surface area (Å²) < 4.78 is 0. The first-order valence-electron chi connectivity index (χ1n) is 18.5. The van der Waals surface area contributed by atoms with Crippen LogP contribution in [0.4, 0.5) is 11.4 Å². The average Bonchev–Trinajstić information content (AvgIpc) is 3.69. The minimum Gasteiger partial charge on any atom is -0.266 e. The fraction of sp³-hybridized carbons (Fsp3) is 0. The molecule has 0 saturated carbocycles. The zero-order valence-corrected chi connectivity index (χ0v) is 30.5. The summed E-state index contributed by atoms with van der Waals surface area (Å²) in [5, 5.41) is 0. The van der Waals surface area contributed by atoms with Gasteiger partial charge in [-0.25, -0.2) is 29.7 Å². The van der Waals surface area contributed by atoms with E-state index in [2.05, 4.69) is 0 Å². The highest BCUT2D eigenvalue weighted by Gasteiger charge is 2.42. The number of benzene rings is 6. The summed E-state index contributed by atoms with van der Waals surface area (Å²) in [4.78, 5) is 76.4. The van der Waals surface area contributed by atoms with E-state index in [1.165, 1.54) is 0 Å². The Morgan fingerprint density at radius 3 is 0.690 bits per heavy atom. The third kappa shape index (κ3) is 5.67. The lowest BCUT2D eigenvalue weighted by Crippen LogP contribution is -2.29. The summed E-state index contributed by atoms with van der Waals surface area (Å²) in [6.45, 7) is 0. The molecule has 0 N–H and O–H groups in total. The van der Waals surface area contributed by atoms with Crippen molar-refractivity contribution < 1.29 is 19.2 Å². The molecule has 58 heavy (non-hydrogen) atoms. The summed E-state index contributed by atoms with van der Waals surface area (Å²) in [6.07, 6.45) is 0. The van der Waals surface area contributed by atoms with Gasteiger partial charge in [-0.3, -0.25) is 19.2 Å². The zero-order valence-electron chi connectivity index (χ0n) is 30.5. The number of hydrogen-bond donors (Lipinski definition) is 0. The van der Waals surface area contributed by atoms with Gasteiger partial charge in [0.1, 0.15) is 0 Å². The van der Waals surface area contributed by atoms with E-state index >= 15 is 0 Å². The van der Waals surface area contributed by atoms with E-state index in [9.17, 15) is 19.2 Å².